The van der Waals surface area contributed by atoms with Crippen molar-refractivity contribution in [2.24, 2.45) is 5.73 Å². The van der Waals surface area contributed by atoms with Crippen molar-refractivity contribution in [1.29, 1.82) is 0 Å². The van der Waals surface area contributed by atoms with Gasteiger partial charge in [-0.25, -0.2) is 19.9 Å². The van der Waals surface area contributed by atoms with Crippen LogP contribution >= 0.6 is 43.5 Å². The molecule has 0 aliphatic heterocycles. The van der Waals surface area contributed by atoms with E-state index in [0.717, 1.165) is 53.7 Å². The smallest absolute Gasteiger partial charge is 0.222 e. The highest BCUT2D eigenvalue weighted by molar-refractivity contribution is 9.10. The summed E-state index contributed by atoms with van der Waals surface area (Å²) < 4.78 is 1.77. The van der Waals surface area contributed by atoms with Gasteiger partial charge in [-0.3, -0.25) is 0 Å². The van der Waals surface area contributed by atoms with Gasteiger partial charge in [-0.15, -0.1) is 0 Å². The molecule has 2 aromatic rings. The van der Waals surface area contributed by atoms with Gasteiger partial charge < -0.3 is 15.5 Å². The van der Waals surface area contributed by atoms with Crippen molar-refractivity contribution in [3.63, 3.8) is 0 Å². The number of aryl methyl sites for hydroxylation is 1. The lowest BCUT2D eigenvalue weighted by molar-refractivity contribution is 0.393. The van der Waals surface area contributed by atoms with Gasteiger partial charge in [-0.05, 0) is 111 Å². The molecule has 29 heavy (non-hydrogen) atoms. The van der Waals surface area contributed by atoms with Crippen molar-refractivity contribution >= 4 is 43.5 Å². The highest BCUT2D eigenvalue weighted by Crippen LogP contribution is 2.07. The van der Waals surface area contributed by atoms with Crippen LogP contribution in [0.15, 0.2) is 33.7 Å². The minimum absolute atomic E-state index is 0.271. The Balaban J connectivity index is 0.000000444. The summed E-state index contributed by atoms with van der Waals surface area (Å²) in [5.74, 6) is 0.937. The zero-order valence-electron chi connectivity index (χ0n) is 17.7. The van der Waals surface area contributed by atoms with Crippen molar-refractivity contribution < 1.29 is 0 Å². The average molecular weight is 554 g/mol. The van der Waals surface area contributed by atoms with Gasteiger partial charge in [0.15, 0.2) is 0 Å². The van der Waals surface area contributed by atoms with Crippen LogP contribution in [0.3, 0.4) is 0 Å². The summed E-state index contributed by atoms with van der Waals surface area (Å²) in [6.45, 7) is 3.05. The fourth-order valence-electron chi connectivity index (χ4n) is 1.88. The maximum atomic E-state index is 5.37. The fraction of sp³-hybridized carbons (Fsp3) is 0.579. The maximum Gasteiger partial charge on any atom is 0.222 e. The van der Waals surface area contributed by atoms with Crippen LogP contribution in [-0.4, -0.2) is 77.6 Å². The Hall–Kier alpha value is -0.710. The third-order valence-electron chi connectivity index (χ3n) is 3.33. The molecule has 2 aromatic heterocycles. The number of rotatable bonds is 8. The third-order valence-corrected chi connectivity index (χ3v) is 4.34. The Bertz CT molecular complexity index is 604. The largest absolute Gasteiger partial charge is 0.330 e. The molecule has 2 rings (SSSR count). The first-order valence-electron chi connectivity index (χ1n) is 9.33. The summed E-state index contributed by atoms with van der Waals surface area (Å²) in [5.41, 5.74) is 5.25. The van der Waals surface area contributed by atoms with E-state index >= 15 is 0 Å². The van der Waals surface area contributed by atoms with Gasteiger partial charge in [0.1, 0.15) is 5.82 Å². The lowest BCUT2D eigenvalue weighted by atomic mass is 10.2. The van der Waals surface area contributed by atoms with E-state index in [0.29, 0.717) is 0 Å². The number of halogens is 3. The van der Waals surface area contributed by atoms with Crippen LogP contribution in [0.4, 0.5) is 0 Å². The summed E-state index contributed by atoms with van der Waals surface area (Å²) >= 11 is 11.8. The van der Waals surface area contributed by atoms with Gasteiger partial charge in [0.05, 0.1) is 8.95 Å². The van der Waals surface area contributed by atoms with E-state index in [1.807, 2.05) is 0 Å². The second-order valence-electron chi connectivity index (χ2n) is 6.69. The van der Waals surface area contributed by atoms with Crippen LogP contribution in [0.5, 0.6) is 0 Å². The molecule has 0 amide bonds. The number of unbranched alkanes of at least 4 members (excludes halogenated alkanes) is 1. The van der Waals surface area contributed by atoms with Gasteiger partial charge in [0.25, 0.3) is 0 Å². The maximum absolute atomic E-state index is 5.37. The van der Waals surface area contributed by atoms with Crippen molar-refractivity contribution in [3.05, 3.63) is 44.8 Å². The molecule has 0 aliphatic carbocycles. The highest BCUT2D eigenvalue weighted by Gasteiger charge is 1.97. The van der Waals surface area contributed by atoms with Gasteiger partial charge >= 0.3 is 0 Å². The molecule has 164 valence electrons. The number of hydrogen-bond donors (Lipinski definition) is 1. The Kier molecular flexibility index (Phi) is 17.6. The van der Waals surface area contributed by atoms with Gasteiger partial charge in [0, 0.05) is 31.2 Å². The first-order chi connectivity index (χ1) is 13.7. The van der Waals surface area contributed by atoms with Crippen LogP contribution in [0, 0.1) is 0 Å². The van der Waals surface area contributed by atoms with Crippen molar-refractivity contribution in [1.82, 2.24) is 29.7 Å². The Morgan fingerprint density at radius 1 is 0.793 bits per heavy atom. The number of nitrogens with two attached hydrogens (primary N) is 1. The molecule has 0 unspecified atom stereocenters. The second kappa shape index (κ2) is 18.1. The molecular formula is C19H32Br2ClN7. The van der Waals surface area contributed by atoms with Crippen LogP contribution in [0.2, 0.25) is 5.28 Å². The molecule has 0 saturated carbocycles. The zero-order chi connectivity index (χ0) is 22.1. The number of nitrogens with zero attached hydrogens (tertiary/aromatic N) is 6. The standard InChI is InChI=1S/C10H16BrN3.C5H14N2.C4H2BrClN2/c1-14(2)6-4-3-5-10-12-7-9(11)8-13-10;1-7(2)5-3-4-6;5-3-1-7-4(6)8-2-3/h7-8H,3-6H2,1-2H3;3-6H2,1-2H3;1-2H. The predicted molar refractivity (Wildman–Crippen MR) is 128 cm³/mol. The van der Waals surface area contributed by atoms with Crippen LogP contribution < -0.4 is 5.73 Å². The van der Waals surface area contributed by atoms with Gasteiger partial charge in [0.2, 0.25) is 5.28 Å². The first kappa shape index (κ1) is 28.3. The van der Waals surface area contributed by atoms with E-state index in [2.05, 4.69) is 89.8 Å². The molecular weight excluding hydrogens is 522 g/mol. The minimum Gasteiger partial charge on any atom is -0.330 e. The molecule has 0 fully saturated rings. The number of hydrogen-bond acceptors (Lipinski definition) is 7. The molecule has 0 saturated heterocycles. The van der Waals surface area contributed by atoms with Crippen LogP contribution in [0.25, 0.3) is 0 Å². The Labute approximate surface area is 196 Å². The lowest BCUT2D eigenvalue weighted by Gasteiger charge is -2.07. The van der Waals surface area contributed by atoms with Crippen molar-refractivity contribution in [2.45, 2.75) is 25.7 Å². The van der Waals surface area contributed by atoms with Crippen LogP contribution in [-0.2, 0) is 6.42 Å². The number of aromatic nitrogens is 4. The molecule has 0 bridgehead atoms. The fourth-order valence-corrected chi connectivity index (χ4v) is 2.39. The van der Waals surface area contributed by atoms with E-state index in [9.17, 15) is 0 Å². The Morgan fingerprint density at radius 3 is 1.62 bits per heavy atom. The predicted octanol–water partition coefficient (Wildman–Crippen LogP) is 3.91. The quantitative estimate of drug-likeness (QED) is 0.392. The summed E-state index contributed by atoms with van der Waals surface area (Å²) in [6.07, 6.45) is 11.2. The molecule has 7 nitrogen and oxygen atoms in total. The minimum atomic E-state index is 0.271. The SMILES string of the molecule is CN(C)CCCCc1ncc(Br)cn1.CN(C)CCCN.Clc1ncc(Br)cn1. The summed E-state index contributed by atoms with van der Waals surface area (Å²) in [5, 5.41) is 0.271. The van der Waals surface area contributed by atoms with Gasteiger partial charge in [-0.1, -0.05) is 0 Å². The monoisotopic (exact) mass is 551 g/mol. The molecule has 0 spiro atoms. The molecule has 0 atom stereocenters. The van der Waals surface area contributed by atoms with E-state index < -0.39 is 0 Å². The first-order valence-corrected chi connectivity index (χ1v) is 11.3. The van der Waals surface area contributed by atoms with Crippen molar-refractivity contribution in [2.75, 3.05) is 47.8 Å². The summed E-state index contributed by atoms with van der Waals surface area (Å²) in [6, 6.07) is 0. The molecule has 10 heteroatoms. The molecule has 0 radical (unpaired) electrons. The third kappa shape index (κ3) is 19.0. The highest BCUT2D eigenvalue weighted by atomic mass is 79.9. The molecule has 0 aliphatic rings. The van der Waals surface area contributed by atoms with Crippen LogP contribution in [0.1, 0.15) is 25.1 Å². The molecule has 2 N–H and O–H groups in total. The molecule has 2 heterocycles. The molecule has 0 aromatic carbocycles. The summed E-state index contributed by atoms with van der Waals surface area (Å²) in [4.78, 5) is 20.1. The second-order valence-corrected chi connectivity index (χ2v) is 8.86. The van der Waals surface area contributed by atoms with E-state index in [-0.39, 0.29) is 5.28 Å². The van der Waals surface area contributed by atoms with E-state index in [1.165, 1.54) is 6.42 Å². The summed E-state index contributed by atoms with van der Waals surface area (Å²) in [7, 11) is 8.29. The van der Waals surface area contributed by atoms with Gasteiger partial charge in [-0.2, -0.15) is 0 Å². The normalized spacial score (nSPS) is 10.3. The van der Waals surface area contributed by atoms with Crippen molar-refractivity contribution in [3.8, 4) is 0 Å². The Morgan fingerprint density at radius 2 is 1.24 bits per heavy atom. The topological polar surface area (TPSA) is 84.1 Å². The lowest BCUT2D eigenvalue weighted by Crippen LogP contribution is -2.16. The van der Waals surface area contributed by atoms with E-state index in [1.54, 1.807) is 24.8 Å². The van der Waals surface area contributed by atoms with E-state index in [4.69, 9.17) is 17.3 Å². The zero-order valence-corrected chi connectivity index (χ0v) is 21.6. The average Bonchev–Trinajstić information content (AvgIpc) is 2.68.